The molecule has 1 atom stereocenters. The highest BCUT2D eigenvalue weighted by Gasteiger charge is 2.23. The van der Waals surface area contributed by atoms with Gasteiger partial charge in [0.25, 0.3) is 0 Å². The fourth-order valence-electron chi connectivity index (χ4n) is 2.46. The summed E-state index contributed by atoms with van der Waals surface area (Å²) in [6.45, 7) is 4.32. The van der Waals surface area contributed by atoms with Gasteiger partial charge < -0.3 is 4.74 Å². The molecule has 1 saturated carbocycles. The van der Waals surface area contributed by atoms with Crippen LogP contribution in [0.1, 0.15) is 57.6 Å². The van der Waals surface area contributed by atoms with Crippen molar-refractivity contribution in [1.29, 1.82) is 0 Å². The first-order chi connectivity index (χ1) is 11.9. The van der Waals surface area contributed by atoms with Crippen LogP contribution in [-0.2, 0) is 10.0 Å². The van der Waals surface area contributed by atoms with Crippen LogP contribution in [0.3, 0.4) is 0 Å². The van der Waals surface area contributed by atoms with Crippen molar-refractivity contribution in [2.24, 2.45) is 5.92 Å². The predicted molar refractivity (Wildman–Crippen MR) is 98.6 cm³/mol. The monoisotopic (exact) mass is 369 g/mol. The van der Waals surface area contributed by atoms with E-state index in [4.69, 9.17) is 4.74 Å². The van der Waals surface area contributed by atoms with Crippen molar-refractivity contribution in [2.45, 2.75) is 52.0 Å². The zero-order chi connectivity index (χ0) is 18.3. The van der Waals surface area contributed by atoms with Crippen LogP contribution < -0.4 is 9.46 Å². The van der Waals surface area contributed by atoms with Gasteiger partial charge in [-0.25, -0.2) is 17.5 Å². The van der Waals surface area contributed by atoms with Crippen molar-refractivity contribution in [1.82, 2.24) is 4.72 Å². The number of hydrogen-bond donors (Lipinski definition) is 1. The van der Waals surface area contributed by atoms with Gasteiger partial charge in [0.2, 0.25) is 10.0 Å². The molecule has 4 nitrogen and oxygen atoms in total. The van der Waals surface area contributed by atoms with Crippen LogP contribution in [0.2, 0.25) is 0 Å². The van der Waals surface area contributed by atoms with Crippen LogP contribution >= 0.6 is 0 Å². The Bertz CT molecular complexity index is 684. The summed E-state index contributed by atoms with van der Waals surface area (Å²) in [6, 6.07) is 4.09. The Hall–Kier alpha value is -1.40. The van der Waals surface area contributed by atoms with Crippen molar-refractivity contribution in [3.8, 4) is 5.75 Å². The maximum Gasteiger partial charge on any atom is 0.212 e. The molecule has 1 N–H and O–H groups in total. The Morgan fingerprint density at radius 1 is 1.36 bits per heavy atom. The largest absolute Gasteiger partial charge is 0.490 e. The summed E-state index contributed by atoms with van der Waals surface area (Å²) < 4.78 is 46.4. The summed E-state index contributed by atoms with van der Waals surface area (Å²) in [5.41, 5.74) is 0.696. The summed E-state index contributed by atoms with van der Waals surface area (Å²) in [5, 5.41) is 0. The predicted octanol–water partition coefficient (Wildman–Crippen LogP) is 4.34. The van der Waals surface area contributed by atoms with Gasteiger partial charge in [0, 0.05) is 6.04 Å². The lowest BCUT2D eigenvalue weighted by Crippen LogP contribution is -2.29. The van der Waals surface area contributed by atoms with Crippen LogP contribution in [0.4, 0.5) is 4.39 Å². The smallest absolute Gasteiger partial charge is 0.212 e. The van der Waals surface area contributed by atoms with E-state index in [2.05, 4.69) is 4.72 Å². The van der Waals surface area contributed by atoms with Crippen LogP contribution in [-0.4, -0.2) is 20.8 Å². The molecular weight excluding hydrogens is 341 g/mol. The molecule has 25 heavy (non-hydrogen) atoms. The second kappa shape index (κ2) is 9.34. The van der Waals surface area contributed by atoms with E-state index in [0.717, 1.165) is 25.7 Å². The zero-order valence-corrected chi connectivity index (χ0v) is 15.8. The molecule has 1 aliphatic carbocycles. The van der Waals surface area contributed by atoms with Gasteiger partial charge in [-0.05, 0) is 62.6 Å². The molecule has 0 saturated heterocycles. The molecule has 0 amide bonds. The average molecular weight is 370 g/mol. The lowest BCUT2D eigenvalue weighted by atomic mass is 10.1. The van der Waals surface area contributed by atoms with Crippen LogP contribution in [0.5, 0.6) is 5.75 Å². The van der Waals surface area contributed by atoms with E-state index in [1.165, 1.54) is 6.07 Å². The van der Waals surface area contributed by atoms with Crippen molar-refractivity contribution in [2.75, 3.05) is 12.4 Å². The van der Waals surface area contributed by atoms with Crippen LogP contribution in [0.25, 0.3) is 0 Å². The number of hydrogen-bond acceptors (Lipinski definition) is 3. The second-order valence-corrected chi connectivity index (χ2v) is 8.50. The Morgan fingerprint density at radius 2 is 2.12 bits per heavy atom. The van der Waals surface area contributed by atoms with Gasteiger partial charge >= 0.3 is 0 Å². The molecule has 0 bridgehead atoms. The molecule has 140 valence electrons. The molecule has 1 aromatic rings. The van der Waals surface area contributed by atoms with Gasteiger partial charge in [0.15, 0.2) is 11.6 Å². The topological polar surface area (TPSA) is 55.4 Å². The van der Waals surface area contributed by atoms with Crippen molar-refractivity contribution in [3.05, 3.63) is 41.7 Å². The zero-order valence-electron chi connectivity index (χ0n) is 15.0. The summed E-state index contributed by atoms with van der Waals surface area (Å²) >= 11 is 0. The third-order valence-corrected chi connectivity index (χ3v) is 5.71. The fraction of sp³-hybridized carbons (Fsp3) is 0.579. The molecule has 0 spiro atoms. The maximum atomic E-state index is 13.8. The average Bonchev–Trinajstić information content (AvgIpc) is 3.37. The molecule has 0 aliphatic heterocycles. The summed E-state index contributed by atoms with van der Waals surface area (Å²) in [7, 11) is -3.37. The van der Waals surface area contributed by atoms with E-state index >= 15 is 0 Å². The minimum Gasteiger partial charge on any atom is -0.490 e. The molecular formula is C19H28FNO3S. The van der Waals surface area contributed by atoms with Crippen molar-refractivity contribution in [3.63, 3.8) is 0 Å². The van der Waals surface area contributed by atoms with E-state index < -0.39 is 21.9 Å². The third kappa shape index (κ3) is 7.16. The van der Waals surface area contributed by atoms with Crippen LogP contribution in [0.15, 0.2) is 30.4 Å². The Kier molecular flexibility index (Phi) is 7.44. The van der Waals surface area contributed by atoms with E-state index in [1.807, 2.05) is 19.1 Å². The molecule has 1 fully saturated rings. The minimum absolute atomic E-state index is 0.0810. The SMILES string of the molecule is CC/C=C/CCCS(=O)(=O)N[C@H](C)c1ccc(F)c(OCC2CC2)c1. The van der Waals surface area contributed by atoms with Gasteiger partial charge in [-0.1, -0.05) is 25.1 Å². The van der Waals surface area contributed by atoms with E-state index in [0.29, 0.717) is 24.5 Å². The number of benzene rings is 1. The van der Waals surface area contributed by atoms with Crippen molar-refractivity contribution < 1.29 is 17.5 Å². The quantitative estimate of drug-likeness (QED) is 0.466. The maximum absolute atomic E-state index is 13.8. The Labute approximate surface area is 150 Å². The summed E-state index contributed by atoms with van der Waals surface area (Å²) in [4.78, 5) is 0. The lowest BCUT2D eigenvalue weighted by Gasteiger charge is -2.16. The first-order valence-electron chi connectivity index (χ1n) is 8.98. The summed E-state index contributed by atoms with van der Waals surface area (Å²) in [5.74, 6) is 0.389. The van der Waals surface area contributed by atoms with Gasteiger partial charge in [-0.2, -0.15) is 0 Å². The number of nitrogens with one attached hydrogen (secondary N) is 1. The number of allylic oxidation sites excluding steroid dienone is 2. The number of ether oxygens (including phenoxy) is 1. The first-order valence-corrected chi connectivity index (χ1v) is 10.6. The number of rotatable bonds is 11. The van der Waals surface area contributed by atoms with Gasteiger partial charge in [0.1, 0.15) is 0 Å². The molecule has 1 aliphatic rings. The van der Waals surface area contributed by atoms with Crippen molar-refractivity contribution >= 4 is 10.0 Å². The summed E-state index contributed by atoms with van der Waals surface area (Å²) in [6.07, 6.45) is 8.58. The Balaban J connectivity index is 1.90. The molecule has 0 radical (unpaired) electrons. The standard InChI is InChI=1S/C19H28FNO3S/c1-3-4-5-6-7-12-25(22,23)21-15(2)17-10-11-18(20)19(13-17)24-14-16-8-9-16/h4-5,10-11,13,15-16,21H,3,6-9,12,14H2,1-2H3/b5-4+/t15-/m1/s1. The molecule has 2 rings (SSSR count). The van der Waals surface area contributed by atoms with E-state index in [-0.39, 0.29) is 11.5 Å². The fourth-order valence-corrected chi connectivity index (χ4v) is 3.80. The molecule has 6 heteroatoms. The van der Waals surface area contributed by atoms with Gasteiger partial charge in [0.05, 0.1) is 12.4 Å². The number of unbranched alkanes of at least 4 members (excludes halogenated alkanes) is 1. The minimum atomic E-state index is -3.37. The van der Waals surface area contributed by atoms with Gasteiger partial charge in [-0.3, -0.25) is 0 Å². The number of sulfonamides is 1. The normalized spacial score (nSPS) is 16.3. The van der Waals surface area contributed by atoms with Crippen LogP contribution in [0, 0.1) is 11.7 Å². The molecule has 0 aromatic heterocycles. The van der Waals surface area contributed by atoms with E-state index in [1.54, 1.807) is 19.1 Å². The lowest BCUT2D eigenvalue weighted by molar-refractivity contribution is 0.285. The van der Waals surface area contributed by atoms with E-state index in [9.17, 15) is 12.8 Å². The third-order valence-electron chi connectivity index (χ3n) is 4.17. The molecule has 0 heterocycles. The highest BCUT2D eigenvalue weighted by atomic mass is 32.2. The number of halogens is 1. The highest BCUT2D eigenvalue weighted by molar-refractivity contribution is 7.89. The molecule has 1 aromatic carbocycles. The second-order valence-electron chi connectivity index (χ2n) is 6.62. The molecule has 0 unspecified atom stereocenters. The Morgan fingerprint density at radius 3 is 2.80 bits per heavy atom. The highest BCUT2D eigenvalue weighted by Crippen LogP contribution is 2.31. The van der Waals surface area contributed by atoms with Gasteiger partial charge in [-0.15, -0.1) is 0 Å². The first kappa shape index (κ1) is 19.9.